The smallest absolute Gasteiger partial charge is 0.326 e. The Balaban J connectivity index is 1.78. The third-order valence-corrected chi connectivity index (χ3v) is 15.9. The van der Waals surface area contributed by atoms with Crippen molar-refractivity contribution < 1.29 is 117 Å². The summed E-state index contributed by atoms with van der Waals surface area (Å²) in [7, 11) is 0. The Morgan fingerprint density at radius 1 is 0.586 bits per heavy atom. The number of aromatic nitrogens is 1. The van der Waals surface area contributed by atoms with Crippen LogP contribution in [0, 0.1) is 5.92 Å². The Hall–Kier alpha value is -10.1. The minimum absolute atomic E-state index is 0.0710. The lowest BCUT2D eigenvalue weighted by Gasteiger charge is -2.31. The van der Waals surface area contributed by atoms with Crippen LogP contribution in [0.1, 0.15) is 91.0 Å². The average molecular weight is 1420 g/mol. The molecule has 40 heteroatoms. The fourth-order valence-electron chi connectivity index (χ4n) is 9.86. The van der Waals surface area contributed by atoms with E-state index < -0.39 is 250 Å². The highest BCUT2D eigenvalue weighted by Crippen LogP contribution is 2.22. The quantitative estimate of drug-likeness (QED) is 0.0293. The third kappa shape index (κ3) is 27.1. The molecular formula is C59H87N15O24S. The van der Waals surface area contributed by atoms with E-state index in [1.165, 1.54) is 22.9 Å². The van der Waals surface area contributed by atoms with Gasteiger partial charge in [-0.3, -0.25) is 76.7 Å². The van der Waals surface area contributed by atoms with Gasteiger partial charge in [-0.05, 0) is 75.5 Å². The van der Waals surface area contributed by atoms with Gasteiger partial charge in [-0.2, -0.15) is 11.8 Å². The molecule has 1 aliphatic rings. The maximum atomic E-state index is 14.3. The number of hydrogen-bond donors (Lipinski definition) is 21. The van der Waals surface area contributed by atoms with Crippen molar-refractivity contribution in [2.45, 2.75) is 171 Å². The van der Waals surface area contributed by atoms with Gasteiger partial charge < -0.3 is 116 Å². The summed E-state index contributed by atoms with van der Waals surface area (Å²) in [4.78, 5) is 226. The molecule has 0 spiro atoms. The molecule has 2 heterocycles. The first-order chi connectivity index (χ1) is 46.5. The fraction of sp³-hybridized carbons (Fsp3) is 0.576. The highest BCUT2D eigenvalue weighted by molar-refractivity contribution is 7.98. The monoisotopic (exact) mass is 1420 g/mol. The standard InChI is InChI=1S/C59H87N15O24S/c1-26(2)46(72-55(93)40-11-8-17-74(40)58(96)34(16-18-99-5)65-42(79)23-63-49(87)31(60)20-44(82)83)56(94)64-27(3)48(86)70-39(25-76)54(92)73-47(28(4)77)57(95)69-37(21-45(84)85)52(90)66-33(12-14-41(61)78)50(88)68-36(19-29-22-62-32-10-7-6-9-30(29)32)51(89)71-38(24-75)53(91)67-35(59(97)98)13-15-43(80)81/h6-7,9-10,22,26-28,31,33-40,46-47,62,75-77H,8,11-21,23-25,60H2,1-5H3,(H2,61,78)(H,63,87)(H,64,94)(H,65,79)(H,66,90)(H,67,91)(H,68,88)(H,69,95)(H,70,86)(H,71,89)(H,72,93)(H,73,92)(H,80,81)(H,82,83)(H,84,85)(H,97,98)/t27-,28+,31-,33-,34-,35-,36-,37-,38-,39-,40-,46-,47-/m0/s1. The number of nitrogens with zero attached hydrogens (tertiary/aromatic N) is 1. The van der Waals surface area contributed by atoms with Gasteiger partial charge in [0.2, 0.25) is 76.8 Å². The number of aromatic amines is 1. The molecule has 13 atom stereocenters. The normalized spacial score (nSPS) is 16.3. The van der Waals surface area contributed by atoms with Crippen LogP contribution in [0.2, 0.25) is 0 Å². The van der Waals surface area contributed by atoms with E-state index in [-0.39, 0.29) is 19.4 Å². The van der Waals surface area contributed by atoms with Gasteiger partial charge in [-0.15, -0.1) is 0 Å². The van der Waals surface area contributed by atoms with Crippen LogP contribution in [0.5, 0.6) is 0 Å². The number of carbonyl (C=O) groups is 17. The summed E-state index contributed by atoms with van der Waals surface area (Å²) >= 11 is 1.35. The number of carboxylic acids is 4. The van der Waals surface area contributed by atoms with E-state index in [9.17, 15) is 107 Å². The van der Waals surface area contributed by atoms with Crippen LogP contribution in [0.3, 0.4) is 0 Å². The highest BCUT2D eigenvalue weighted by atomic mass is 32.2. The summed E-state index contributed by atoms with van der Waals surface area (Å²) in [6.07, 6.45) is -3.13. The molecule has 1 saturated heterocycles. The predicted octanol–water partition coefficient (Wildman–Crippen LogP) is -8.05. The molecule has 548 valence electrons. The molecule has 99 heavy (non-hydrogen) atoms. The molecule has 0 radical (unpaired) electrons. The fourth-order valence-corrected chi connectivity index (χ4v) is 10.3. The van der Waals surface area contributed by atoms with E-state index >= 15 is 0 Å². The van der Waals surface area contributed by atoms with Crippen molar-refractivity contribution in [2.24, 2.45) is 17.4 Å². The molecule has 23 N–H and O–H groups in total. The first kappa shape index (κ1) is 83.2. The second-order valence-electron chi connectivity index (χ2n) is 23.4. The van der Waals surface area contributed by atoms with Crippen molar-refractivity contribution in [2.75, 3.05) is 38.3 Å². The molecule has 1 aliphatic heterocycles. The summed E-state index contributed by atoms with van der Waals surface area (Å²) in [6, 6.07) is -13.7. The van der Waals surface area contributed by atoms with Gasteiger partial charge in [0, 0.05) is 42.9 Å². The van der Waals surface area contributed by atoms with Crippen LogP contribution in [0.15, 0.2) is 30.5 Å². The number of rotatable bonds is 43. The number of aliphatic carboxylic acids is 4. The average Bonchev–Trinajstić information content (AvgIpc) is 1.75. The zero-order valence-electron chi connectivity index (χ0n) is 54.7. The zero-order chi connectivity index (χ0) is 74.5. The summed E-state index contributed by atoms with van der Waals surface area (Å²) < 4.78 is 0. The predicted molar refractivity (Wildman–Crippen MR) is 344 cm³/mol. The van der Waals surface area contributed by atoms with Crippen molar-refractivity contribution in [3.8, 4) is 0 Å². The molecule has 0 saturated carbocycles. The molecule has 13 amide bonds. The topological polar surface area (TPSA) is 635 Å². The number of amides is 13. The van der Waals surface area contributed by atoms with Gasteiger partial charge >= 0.3 is 23.9 Å². The van der Waals surface area contributed by atoms with Crippen LogP contribution in [0.25, 0.3) is 10.9 Å². The largest absolute Gasteiger partial charge is 0.481 e. The third-order valence-electron chi connectivity index (χ3n) is 15.2. The van der Waals surface area contributed by atoms with Gasteiger partial charge in [-0.1, -0.05) is 32.0 Å². The summed E-state index contributed by atoms with van der Waals surface area (Å²) in [5.41, 5.74) is 11.8. The number of H-pyrrole nitrogens is 1. The van der Waals surface area contributed by atoms with Crippen molar-refractivity contribution in [1.82, 2.24) is 68.4 Å². The first-order valence-electron chi connectivity index (χ1n) is 31.0. The Labute approximate surface area is 569 Å². The number of nitrogens with one attached hydrogen (secondary N) is 12. The van der Waals surface area contributed by atoms with Gasteiger partial charge in [0.1, 0.15) is 66.5 Å². The molecule has 2 aromatic rings. The minimum Gasteiger partial charge on any atom is -0.481 e. The Bertz CT molecular complexity index is 3280. The van der Waals surface area contributed by atoms with Crippen LogP contribution < -0.4 is 70.0 Å². The molecule has 1 aromatic carbocycles. The van der Waals surface area contributed by atoms with Crippen LogP contribution in [-0.4, -0.2) is 263 Å². The molecule has 39 nitrogen and oxygen atoms in total. The second kappa shape index (κ2) is 40.6. The van der Waals surface area contributed by atoms with E-state index in [4.69, 9.17) is 21.7 Å². The number of thioether (sulfide) groups is 1. The van der Waals surface area contributed by atoms with Gasteiger partial charge in [0.05, 0.1) is 44.7 Å². The van der Waals surface area contributed by atoms with Crippen molar-refractivity contribution in [3.63, 3.8) is 0 Å². The summed E-state index contributed by atoms with van der Waals surface area (Å²) in [5.74, 6) is -20.8. The number of para-hydroxylation sites is 1. The number of likely N-dealkylation sites (tertiary alicyclic amines) is 1. The second-order valence-corrected chi connectivity index (χ2v) is 24.4. The molecule has 1 aromatic heterocycles. The van der Waals surface area contributed by atoms with E-state index in [0.29, 0.717) is 28.6 Å². The summed E-state index contributed by atoms with van der Waals surface area (Å²) in [5, 5.41) is 93.8. The van der Waals surface area contributed by atoms with Gasteiger partial charge in [0.25, 0.3) is 0 Å². The van der Waals surface area contributed by atoms with E-state index in [1.54, 1.807) is 44.4 Å². The van der Waals surface area contributed by atoms with Crippen molar-refractivity contribution >= 4 is 123 Å². The number of primary amides is 1. The van der Waals surface area contributed by atoms with Crippen LogP contribution >= 0.6 is 11.8 Å². The number of aliphatic hydroxyl groups excluding tert-OH is 3. The lowest BCUT2D eigenvalue weighted by Crippen LogP contribution is -2.62. The number of carboxylic acid groups (broad SMARTS) is 4. The molecular weight excluding hydrogens is 1330 g/mol. The maximum absolute atomic E-state index is 14.3. The number of fused-ring (bicyclic) bond motifs is 1. The van der Waals surface area contributed by atoms with E-state index in [1.807, 2.05) is 10.6 Å². The lowest BCUT2D eigenvalue weighted by molar-refractivity contribution is -0.144. The first-order valence-corrected chi connectivity index (χ1v) is 32.4. The van der Waals surface area contributed by atoms with Crippen molar-refractivity contribution in [1.29, 1.82) is 0 Å². The summed E-state index contributed by atoms with van der Waals surface area (Å²) in [6.45, 7) is 2.28. The number of hydrogen-bond acceptors (Lipinski definition) is 22. The lowest BCUT2D eigenvalue weighted by atomic mass is 10.0. The van der Waals surface area contributed by atoms with Crippen LogP contribution in [-0.2, 0) is 87.9 Å². The molecule has 0 bridgehead atoms. The SMILES string of the molecule is CSCC[C@H](NC(=O)CNC(=O)[C@@H](N)CC(=O)O)C(=O)N1CCC[C@H]1C(=O)N[C@H](C(=O)N[C@@H](C)C(=O)N[C@@H](CO)C(=O)N[C@H](C(=O)N[C@@H](CC(=O)O)C(=O)N[C@@H](CCC(N)=O)C(=O)N[C@@H](Cc1c[nH]c2ccccc12)C(=O)N[C@@H](CO)C(=O)N[C@@H](CCC(=O)O)C(=O)O)[C@@H](C)O)C(C)C. The molecule has 0 aliphatic carbocycles. The number of benzene rings is 1. The Morgan fingerprint density at radius 3 is 1.70 bits per heavy atom. The highest BCUT2D eigenvalue weighted by Gasteiger charge is 2.41. The zero-order valence-corrected chi connectivity index (χ0v) is 55.5. The molecule has 1 fully saturated rings. The van der Waals surface area contributed by atoms with Gasteiger partial charge in [-0.25, -0.2) is 4.79 Å². The number of aliphatic hydroxyl groups is 3. The Morgan fingerprint density at radius 2 is 1.12 bits per heavy atom. The number of carbonyl (C=O) groups excluding carboxylic acids is 13. The van der Waals surface area contributed by atoms with E-state index in [0.717, 1.165) is 13.8 Å². The van der Waals surface area contributed by atoms with Crippen LogP contribution in [0.4, 0.5) is 0 Å². The number of nitrogens with two attached hydrogens (primary N) is 2. The van der Waals surface area contributed by atoms with Crippen molar-refractivity contribution in [3.05, 3.63) is 36.0 Å². The van der Waals surface area contributed by atoms with E-state index in [2.05, 4.69) is 52.8 Å². The Kier molecular flexibility index (Phi) is 34.1. The van der Waals surface area contributed by atoms with Gasteiger partial charge in [0.15, 0.2) is 0 Å². The molecule has 0 unspecified atom stereocenters. The molecule has 3 rings (SSSR count). The maximum Gasteiger partial charge on any atom is 0.326 e. The minimum atomic E-state index is -2.19.